The van der Waals surface area contributed by atoms with Gasteiger partial charge in [0.15, 0.2) is 0 Å². The molecule has 0 saturated heterocycles. The van der Waals surface area contributed by atoms with Gasteiger partial charge in [-0.3, -0.25) is 0 Å². The maximum absolute atomic E-state index is 5.47. The topological polar surface area (TPSA) is 24.5 Å². The molecule has 1 N–H and O–H groups in total. The molecule has 0 aliphatic carbocycles. The summed E-state index contributed by atoms with van der Waals surface area (Å²) in [6.07, 6.45) is 4.77. The highest BCUT2D eigenvalue weighted by Crippen LogP contribution is 1.89. The first kappa shape index (κ1) is 14.9. The lowest BCUT2D eigenvalue weighted by atomic mass is 10.3. The zero-order valence-corrected chi connectivity index (χ0v) is 10.7. The Morgan fingerprint density at radius 2 is 1.67 bits per heavy atom. The molecular weight excluding hydrogens is 188 g/mol. The van der Waals surface area contributed by atoms with E-state index in [1.54, 1.807) is 0 Å². The first-order valence-electron chi connectivity index (χ1n) is 6.20. The zero-order chi connectivity index (χ0) is 11.4. The minimum absolute atomic E-state index is 0.903. The van der Waals surface area contributed by atoms with Gasteiger partial charge in [0.2, 0.25) is 0 Å². The Kier molecular flexibility index (Phi) is 11.9. The highest BCUT2D eigenvalue weighted by molar-refractivity contribution is 4.50. The van der Waals surface area contributed by atoms with Gasteiger partial charge in [0.05, 0.1) is 0 Å². The number of nitrogens with zero attached hydrogens (tertiary/aromatic N) is 1. The summed E-state index contributed by atoms with van der Waals surface area (Å²) in [4.78, 5) is 2.22. The predicted molar refractivity (Wildman–Crippen MR) is 66.4 cm³/mol. The third-order valence-electron chi connectivity index (χ3n) is 2.24. The maximum atomic E-state index is 5.47. The van der Waals surface area contributed by atoms with Crippen molar-refractivity contribution in [2.75, 3.05) is 46.9 Å². The minimum atomic E-state index is 0.903. The average Bonchev–Trinajstić information content (AvgIpc) is 2.20. The lowest BCUT2D eigenvalue weighted by molar-refractivity contribution is 0.129. The van der Waals surface area contributed by atoms with Crippen LogP contribution in [0.3, 0.4) is 0 Å². The van der Waals surface area contributed by atoms with Crippen LogP contribution >= 0.6 is 0 Å². The van der Waals surface area contributed by atoms with Crippen molar-refractivity contribution in [3.63, 3.8) is 0 Å². The fourth-order valence-electron chi connectivity index (χ4n) is 1.29. The molecule has 0 radical (unpaired) electrons. The number of hydrogen-bond acceptors (Lipinski definition) is 3. The van der Waals surface area contributed by atoms with Gasteiger partial charge in [-0.05, 0) is 53.0 Å². The molecule has 0 saturated carbocycles. The third-order valence-corrected chi connectivity index (χ3v) is 2.24. The third kappa shape index (κ3) is 13.9. The van der Waals surface area contributed by atoms with Gasteiger partial charge in [0.25, 0.3) is 0 Å². The molecule has 0 aliphatic heterocycles. The van der Waals surface area contributed by atoms with Crippen molar-refractivity contribution in [1.82, 2.24) is 10.2 Å². The molecule has 0 aromatic heterocycles. The van der Waals surface area contributed by atoms with Gasteiger partial charge in [-0.15, -0.1) is 0 Å². The van der Waals surface area contributed by atoms with E-state index in [0.29, 0.717) is 0 Å². The normalized spacial score (nSPS) is 11.2. The molecule has 0 rings (SSSR count). The summed E-state index contributed by atoms with van der Waals surface area (Å²) in [6.45, 7) is 7.39. The number of ether oxygens (including phenoxy) is 1. The molecule has 0 fully saturated rings. The summed E-state index contributed by atoms with van der Waals surface area (Å²) >= 11 is 0. The molecule has 0 spiro atoms. The van der Waals surface area contributed by atoms with Crippen molar-refractivity contribution < 1.29 is 4.74 Å². The molecule has 0 aromatic rings. The van der Waals surface area contributed by atoms with Gasteiger partial charge in [-0.1, -0.05) is 13.3 Å². The van der Waals surface area contributed by atoms with Crippen LogP contribution in [-0.4, -0.2) is 51.8 Å². The first-order valence-corrected chi connectivity index (χ1v) is 6.20. The summed E-state index contributed by atoms with van der Waals surface area (Å²) in [5.74, 6) is 0. The van der Waals surface area contributed by atoms with E-state index in [1.165, 1.54) is 25.8 Å². The Morgan fingerprint density at radius 3 is 2.33 bits per heavy atom. The van der Waals surface area contributed by atoms with Crippen LogP contribution in [-0.2, 0) is 4.74 Å². The van der Waals surface area contributed by atoms with E-state index < -0.39 is 0 Å². The molecule has 92 valence electrons. The molecule has 0 heterocycles. The Morgan fingerprint density at radius 1 is 1.00 bits per heavy atom. The van der Waals surface area contributed by atoms with Crippen molar-refractivity contribution in [1.29, 1.82) is 0 Å². The Balaban J connectivity index is 2.87. The van der Waals surface area contributed by atoms with Crippen LogP contribution in [0.2, 0.25) is 0 Å². The average molecular weight is 216 g/mol. The van der Waals surface area contributed by atoms with Gasteiger partial charge in [-0.2, -0.15) is 0 Å². The highest BCUT2D eigenvalue weighted by atomic mass is 16.5. The second kappa shape index (κ2) is 12.0. The second-order valence-electron chi connectivity index (χ2n) is 4.23. The van der Waals surface area contributed by atoms with E-state index in [4.69, 9.17) is 4.74 Å². The van der Waals surface area contributed by atoms with Crippen LogP contribution in [0.25, 0.3) is 0 Å². The van der Waals surface area contributed by atoms with Crippen LogP contribution < -0.4 is 5.32 Å². The fourth-order valence-corrected chi connectivity index (χ4v) is 1.29. The van der Waals surface area contributed by atoms with E-state index in [9.17, 15) is 0 Å². The molecule has 0 unspecified atom stereocenters. The standard InChI is InChI=1S/C12H28N2O/c1-4-5-11-15-12-7-9-13-8-6-10-14(2)3/h13H,4-12H2,1-3H3. The van der Waals surface area contributed by atoms with Crippen LogP contribution in [0.5, 0.6) is 0 Å². The number of nitrogens with one attached hydrogen (secondary N) is 1. The Hall–Kier alpha value is -0.120. The highest BCUT2D eigenvalue weighted by Gasteiger charge is 1.91. The van der Waals surface area contributed by atoms with Gasteiger partial charge >= 0.3 is 0 Å². The fraction of sp³-hybridized carbons (Fsp3) is 1.00. The largest absolute Gasteiger partial charge is 0.381 e. The van der Waals surface area contributed by atoms with Crippen molar-refractivity contribution in [3.8, 4) is 0 Å². The first-order chi connectivity index (χ1) is 7.27. The Labute approximate surface area is 95.2 Å². The monoisotopic (exact) mass is 216 g/mol. The zero-order valence-electron chi connectivity index (χ0n) is 10.7. The van der Waals surface area contributed by atoms with E-state index in [2.05, 4.69) is 31.2 Å². The molecule has 0 amide bonds. The number of rotatable bonds is 11. The van der Waals surface area contributed by atoms with Crippen LogP contribution in [0, 0.1) is 0 Å². The summed E-state index contributed by atoms with van der Waals surface area (Å²) < 4.78 is 5.47. The van der Waals surface area contributed by atoms with Crippen LogP contribution in [0.4, 0.5) is 0 Å². The summed E-state index contributed by atoms with van der Waals surface area (Å²) in [6, 6.07) is 0. The molecule has 15 heavy (non-hydrogen) atoms. The number of hydrogen-bond donors (Lipinski definition) is 1. The molecular formula is C12H28N2O. The minimum Gasteiger partial charge on any atom is -0.381 e. The van der Waals surface area contributed by atoms with E-state index in [-0.39, 0.29) is 0 Å². The van der Waals surface area contributed by atoms with Crippen molar-refractivity contribution in [2.24, 2.45) is 0 Å². The van der Waals surface area contributed by atoms with E-state index in [1.807, 2.05) is 0 Å². The molecule has 0 aliphatic rings. The molecule has 0 atom stereocenters. The van der Waals surface area contributed by atoms with Crippen molar-refractivity contribution in [2.45, 2.75) is 32.6 Å². The van der Waals surface area contributed by atoms with E-state index in [0.717, 1.165) is 32.7 Å². The van der Waals surface area contributed by atoms with Crippen molar-refractivity contribution in [3.05, 3.63) is 0 Å². The number of unbranched alkanes of at least 4 members (excludes halogenated alkanes) is 1. The SMILES string of the molecule is CCCCOCCCNCCCN(C)C. The second-order valence-corrected chi connectivity index (χ2v) is 4.23. The van der Waals surface area contributed by atoms with Crippen LogP contribution in [0.1, 0.15) is 32.6 Å². The Bertz CT molecular complexity index is 118. The van der Waals surface area contributed by atoms with Gasteiger partial charge in [0.1, 0.15) is 0 Å². The predicted octanol–water partition coefficient (Wildman–Crippen LogP) is 1.73. The smallest absolute Gasteiger partial charge is 0.0478 e. The molecule has 3 heteroatoms. The van der Waals surface area contributed by atoms with E-state index >= 15 is 0 Å². The molecule has 0 aromatic carbocycles. The van der Waals surface area contributed by atoms with Gasteiger partial charge < -0.3 is 15.0 Å². The van der Waals surface area contributed by atoms with Gasteiger partial charge in [0, 0.05) is 13.2 Å². The quantitative estimate of drug-likeness (QED) is 0.532. The van der Waals surface area contributed by atoms with Crippen molar-refractivity contribution >= 4 is 0 Å². The summed E-state index contributed by atoms with van der Waals surface area (Å²) in [5.41, 5.74) is 0. The molecule has 3 nitrogen and oxygen atoms in total. The molecule has 0 bridgehead atoms. The lowest BCUT2D eigenvalue weighted by Crippen LogP contribution is -2.22. The summed E-state index contributed by atoms with van der Waals surface area (Å²) in [7, 11) is 4.23. The summed E-state index contributed by atoms with van der Waals surface area (Å²) in [5, 5.41) is 3.42. The van der Waals surface area contributed by atoms with Crippen LogP contribution in [0.15, 0.2) is 0 Å². The van der Waals surface area contributed by atoms with Gasteiger partial charge in [-0.25, -0.2) is 0 Å². The lowest BCUT2D eigenvalue weighted by Gasteiger charge is -2.09. The maximum Gasteiger partial charge on any atom is 0.0478 e.